The Morgan fingerprint density at radius 3 is 2.67 bits per heavy atom. The van der Waals surface area contributed by atoms with Crippen LogP contribution in [0.25, 0.3) is 0 Å². The van der Waals surface area contributed by atoms with Gasteiger partial charge in [-0.2, -0.15) is 0 Å². The molecular weight excluding hydrogens is 340 g/mol. The Balaban J connectivity index is 1.84. The molecule has 2 atom stereocenters. The molecule has 0 aliphatic carbocycles. The van der Waals surface area contributed by atoms with Gasteiger partial charge in [-0.1, -0.05) is 42.5 Å². The minimum absolute atomic E-state index is 0.0161. The Morgan fingerprint density at radius 2 is 1.96 bits per heavy atom. The molecule has 0 aromatic heterocycles. The highest BCUT2D eigenvalue weighted by Crippen LogP contribution is 2.37. The van der Waals surface area contributed by atoms with Crippen molar-refractivity contribution in [3.63, 3.8) is 0 Å². The zero-order chi connectivity index (χ0) is 19.2. The number of rotatable bonds is 6. The van der Waals surface area contributed by atoms with E-state index >= 15 is 0 Å². The molecule has 1 saturated heterocycles. The minimum atomic E-state index is -0.279. The molecule has 0 bridgehead atoms. The Bertz CT molecular complexity index is 791. The van der Waals surface area contributed by atoms with Gasteiger partial charge in [0.05, 0.1) is 19.1 Å². The van der Waals surface area contributed by atoms with Crippen molar-refractivity contribution in [3.05, 3.63) is 65.7 Å². The molecule has 0 unspecified atom stereocenters. The molecule has 5 heteroatoms. The normalized spacial score (nSPS) is 19.6. The van der Waals surface area contributed by atoms with Gasteiger partial charge in [0.15, 0.2) is 0 Å². The molecule has 0 radical (unpaired) electrons. The number of hydrogen-bond donors (Lipinski definition) is 1. The predicted octanol–water partition coefficient (Wildman–Crippen LogP) is 3.31. The molecule has 1 aliphatic heterocycles. The van der Waals surface area contributed by atoms with Gasteiger partial charge in [0.2, 0.25) is 11.8 Å². The van der Waals surface area contributed by atoms with E-state index in [9.17, 15) is 9.59 Å². The maximum absolute atomic E-state index is 13.0. The summed E-state index contributed by atoms with van der Waals surface area (Å²) in [7, 11) is 1.62. The number of nitrogens with one attached hydrogen (secondary N) is 1. The molecule has 0 saturated carbocycles. The molecule has 2 amide bonds. The average Bonchev–Trinajstić information content (AvgIpc) is 2.72. The minimum Gasteiger partial charge on any atom is -0.497 e. The first-order chi connectivity index (χ1) is 13.1. The first-order valence-electron chi connectivity index (χ1n) is 9.39. The van der Waals surface area contributed by atoms with Crippen molar-refractivity contribution in [2.45, 2.75) is 32.4 Å². The summed E-state index contributed by atoms with van der Waals surface area (Å²) in [6.45, 7) is 3.01. The summed E-state index contributed by atoms with van der Waals surface area (Å²) < 4.78 is 5.34. The molecule has 1 fully saturated rings. The van der Waals surface area contributed by atoms with Gasteiger partial charge in [-0.25, -0.2) is 0 Å². The molecule has 1 aliphatic rings. The lowest BCUT2D eigenvalue weighted by Crippen LogP contribution is -2.47. The second kappa shape index (κ2) is 8.71. The maximum atomic E-state index is 13.0. The smallest absolute Gasteiger partial charge is 0.225 e. The standard InChI is InChI=1S/C22H26N2O3/c1-3-24-20(25)13-12-19(21(24)17-10-7-11-18(14-17)27-2)22(26)23-15-16-8-5-4-6-9-16/h4-11,14,19,21H,3,12-13,15H2,1-2H3,(H,23,26)/t19-,21+/m1/s1. The maximum Gasteiger partial charge on any atom is 0.225 e. The fourth-order valence-electron chi connectivity index (χ4n) is 3.75. The SMILES string of the molecule is CCN1C(=O)CC[C@@H](C(=O)NCc2ccccc2)[C@@H]1c1cccc(OC)c1. The molecule has 0 spiro atoms. The molecule has 5 nitrogen and oxygen atoms in total. The molecule has 2 aromatic carbocycles. The van der Waals surface area contributed by atoms with Crippen molar-refractivity contribution in [2.75, 3.05) is 13.7 Å². The number of likely N-dealkylation sites (tertiary alicyclic amines) is 1. The van der Waals surface area contributed by atoms with Crippen LogP contribution in [0.3, 0.4) is 0 Å². The molecule has 3 rings (SSSR count). The molecule has 27 heavy (non-hydrogen) atoms. The first kappa shape index (κ1) is 19.0. The van der Waals surface area contributed by atoms with E-state index in [0.717, 1.165) is 16.9 Å². The highest BCUT2D eigenvalue weighted by molar-refractivity contribution is 5.85. The monoisotopic (exact) mass is 366 g/mol. The Morgan fingerprint density at radius 1 is 1.19 bits per heavy atom. The number of piperidine rings is 1. The zero-order valence-electron chi connectivity index (χ0n) is 15.9. The van der Waals surface area contributed by atoms with Crippen LogP contribution in [0.1, 0.15) is 36.9 Å². The lowest BCUT2D eigenvalue weighted by Gasteiger charge is -2.40. The van der Waals surface area contributed by atoms with Crippen molar-refractivity contribution in [1.29, 1.82) is 0 Å². The first-order valence-corrected chi connectivity index (χ1v) is 9.39. The second-order valence-electron chi connectivity index (χ2n) is 6.75. The quantitative estimate of drug-likeness (QED) is 0.853. The summed E-state index contributed by atoms with van der Waals surface area (Å²) in [6, 6.07) is 17.2. The van der Waals surface area contributed by atoms with Gasteiger partial charge in [0, 0.05) is 19.5 Å². The van der Waals surface area contributed by atoms with E-state index in [1.54, 1.807) is 7.11 Å². The van der Waals surface area contributed by atoms with Gasteiger partial charge in [-0.15, -0.1) is 0 Å². The Hall–Kier alpha value is -2.82. The van der Waals surface area contributed by atoms with Gasteiger partial charge in [0.25, 0.3) is 0 Å². The van der Waals surface area contributed by atoms with Gasteiger partial charge >= 0.3 is 0 Å². The van der Waals surface area contributed by atoms with Crippen LogP contribution >= 0.6 is 0 Å². The lowest BCUT2D eigenvalue weighted by atomic mass is 9.83. The van der Waals surface area contributed by atoms with E-state index in [1.807, 2.05) is 66.4 Å². The highest BCUT2D eigenvalue weighted by atomic mass is 16.5. The van der Waals surface area contributed by atoms with Crippen molar-refractivity contribution in [3.8, 4) is 5.75 Å². The van der Waals surface area contributed by atoms with Gasteiger partial charge < -0.3 is 15.0 Å². The number of benzene rings is 2. The lowest BCUT2D eigenvalue weighted by molar-refractivity contribution is -0.143. The van der Waals surface area contributed by atoms with E-state index in [4.69, 9.17) is 4.74 Å². The molecular formula is C22H26N2O3. The predicted molar refractivity (Wildman–Crippen MR) is 104 cm³/mol. The molecule has 2 aromatic rings. The van der Waals surface area contributed by atoms with Crippen LogP contribution in [-0.4, -0.2) is 30.4 Å². The van der Waals surface area contributed by atoms with E-state index < -0.39 is 0 Å². The van der Waals surface area contributed by atoms with Crippen molar-refractivity contribution < 1.29 is 14.3 Å². The number of nitrogens with zero attached hydrogens (tertiary/aromatic N) is 1. The third-order valence-corrected chi connectivity index (χ3v) is 5.13. The third kappa shape index (κ3) is 4.30. The fraction of sp³-hybridized carbons (Fsp3) is 0.364. The zero-order valence-corrected chi connectivity index (χ0v) is 15.9. The van der Waals surface area contributed by atoms with Crippen LogP contribution in [0.5, 0.6) is 5.75 Å². The largest absolute Gasteiger partial charge is 0.497 e. The summed E-state index contributed by atoms with van der Waals surface area (Å²) in [5, 5.41) is 3.05. The van der Waals surface area contributed by atoms with Crippen molar-refractivity contribution in [2.24, 2.45) is 5.92 Å². The Labute approximate surface area is 160 Å². The number of amides is 2. The van der Waals surface area contributed by atoms with E-state index in [2.05, 4.69) is 5.32 Å². The van der Waals surface area contributed by atoms with Gasteiger partial charge in [-0.3, -0.25) is 9.59 Å². The molecule has 1 heterocycles. The van der Waals surface area contributed by atoms with Crippen molar-refractivity contribution in [1.82, 2.24) is 10.2 Å². The third-order valence-electron chi connectivity index (χ3n) is 5.13. The van der Waals surface area contributed by atoms with Gasteiger partial charge in [0.1, 0.15) is 5.75 Å². The van der Waals surface area contributed by atoms with Crippen LogP contribution in [0.2, 0.25) is 0 Å². The molecule has 142 valence electrons. The average molecular weight is 366 g/mol. The van der Waals surface area contributed by atoms with E-state index in [1.165, 1.54) is 0 Å². The Kier molecular flexibility index (Phi) is 6.12. The number of carbonyl (C=O) groups excluding carboxylic acids is 2. The van der Waals surface area contributed by atoms with Crippen molar-refractivity contribution >= 4 is 11.8 Å². The number of hydrogen-bond acceptors (Lipinski definition) is 3. The summed E-state index contributed by atoms with van der Waals surface area (Å²) in [5.74, 6) is 0.526. The number of methoxy groups -OCH3 is 1. The van der Waals surface area contributed by atoms with Gasteiger partial charge in [-0.05, 0) is 36.6 Å². The summed E-state index contributed by atoms with van der Waals surface area (Å²) in [5.41, 5.74) is 1.99. The number of carbonyl (C=O) groups is 2. The van der Waals surface area contributed by atoms with Crippen LogP contribution in [0.4, 0.5) is 0 Å². The fourth-order valence-corrected chi connectivity index (χ4v) is 3.75. The van der Waals surface area contributed by atoms with E-state index in [0.29, 0.717) is 25.9 Å². The topological polar surface area (TPSA) is 58.6 Å². The van der Waals surface area contributed by atoms with Crippen LogP contribution in [-0.2, 0) is 16.1 Å². The van der Waals surface area contributed by atoms with Crippen LogP contribution in [0.15, 0.2) is 54.6 Å². The second-order valence-corrected chi connectivity index (χ2v) is 6.75. The van der Waals surface area contributed by atoms with E-state index in [-0.39, 0.29) is 23.8 Å². The highest BCUT2D eigenvalue weighted by Gasteiger charge is 2.39. The summed E-state index contributed by atoms with van der Waals surface area (Å²) >= 11 is 0. The summed E-state index contributed by atoms with van der Waals surface area (Å²) in [4.78, 5) is 27.3. The number of ether oxygens (including phenoxy) is 1. The van der Waals surface area contributed by atoms with Crippen LogP contribution in [0, 0.1) is 5.92 Å². The summed E-state index contributed by atoms with van der Waals surface area (Å²) in [6.07, 6.45) is 0.954. The van der Waals surface area contributed by atoms with Crippen LogP contribution < -0.4 is 10.1 Å². The molecule has 1 N–H and O–H groups in total.